The summed E-state index contributed by atoms with van der Waals surface area (Å²) in [4.78, 5) is 29.0. The van der Waals surface area contributed by atoms with E-state index in [1.165, 1.54) is 6.20 Å². The number of esters is 1. The lowest BCUT2D eigenvalue weighted by Crippen LogP contribution is -2.31. The van der Waals surface area contributed by atoms with E-state index < -0.39 is 23.9 Å². The normalized spacial score (nSPS) is 16.2. The first-order chi connectivity index (χ1) is 12.4. The lowest BCUT2D eigenvalue weighted by atomic mass is 9.87. The summed E-state index contributed by atoms with van der Waals surface area (Å²) in [5, 5.41) is 9.35. The fourth-order valence-electron chi connectivity index (χ4n) is 2.72. The summed E-state index contributed by atoms with van der Waals surface area (Å²) in [5.74, 6) is -1.79. The third kappa shape index (κ3) is 3.18. The van der Waals surface area contributed by atoms with Crippen LogP contribution >= 0.6 is 0 Å². The number of hydrogen-bond donors (Lipinski definition) is 2. The van der Waals surface area contributed by atoms with Gasteiger partial charge in [0, 0.05) is 18.5 Å². The minimum absolute atomic E-state index is 0.0115. The molecule has 3 rings (SSSR count). The van der Waals surface area contributed by atoms with Gasteiger partial charge in [-0.05, 0) is 25.5 Å². The van der Waals surface area contributed by atoms with Crippen LogP contribution in [-0.2, 0) is 16.1 Å². The van der Waals surface area contributed by atoms with Crippen LogP contribution in [-0.4, -0.2) is 22.2 Å². The number of ether oxygens (including phenoxy) is 2. The number of aliphatic hydroxyl groups is 1. The van der Waals surface area contributed by atoms with Crippen LogP contribution in [0.4, 0.5) is 0 Å². The number of aromatic nitrogens is 1. The molecule has 0 unspecified atom stereocenters. The number of hydrogen-bond acceptors (Lipinski definition) is 8. The zero-order valence-electron chi connectivity index (χ0n) is 14.3. The first-order valence-corrected chi connectivity index (χ1v) is 7.98. The van der Waals surface area contributed by atoms with E-state index >= 15 is 0 Å². The summed E-state index contributed by atoms with van der Waals surface area (Å²) in [6.07, 6.45) is 2.72. The Morgan fingerprint density at radius 2 is 2.23 bits per heavy atom. The Balaban J connectivity index is 2.24. The Hall–Kier alpha value is -3.13. The summed E-state index contributed by atoms with van der Waals surface area (Å²) in [7, 11) is 0. The van der Waals surface area contributed by atoms with E-state index in [1.807, 2.05) is 0 Å². The average Bonchev–Trinajstić information content (AvgIpc) is 2.61. The predicted octanol–water partition coefficient (Wildman–Crippen LogP) is 1.17. The molecule has 1 aliphatic heterocycles. The van der Waals surface area contributed by atoms with Crippen LogP contribution in [0.5, 0.6) is 5.75 Å². The smallest absolute Gasteiger partial charge is 0.340 e. The number of rotatable bonds is 4. The maximum absolute atomic E-state index is 12.6. The van der Waals surface area contributed by atoms with E-state index in [2.05, 4.69) is 4.98 Å². The second kappa shape index (κ2) is 7.01. The molecular formula is C18H18N2O6. The molecule has 3 heterocycles. The van der Waals surface area contributed by atoms with E-state index in [9.17, 15) is 14.7 Å². The van der Waals surface area contributed by atoms with E-state index in [0.717, 1.165) is 6.07 Å². The molecule has 8 nitrogen and oxygen atoms in total. The van der Waals surface area contributed by atoms with Crippen LogP contribution in [0.3, 0.4) is 0 Å². The van der Waals surface area contributed by atoms with Crippen LogP contribution in [0.25, 0.3) is 0 Å². The molecule has 0 aromatic carbocycles. The van der Waals surface area contributed by atoms with Crippen LogP contribution in [0.2, 0.25) is 0 Å². The van der Waals surface area contributed by atoms with Gasteiger partial charge in [-0.15, -0.1) is 0 Å². The minimum atomic E-state index is -0.849. The van der Waals surface area contributed by atoms with Gasteiger partial charge in [0.2, 0.25) is 17.1 Å². The first kappa shape index (κ1) is 17.7. The van der Waals surface area contributed by atoms with E-state index in [1.54, 1.807) is 32.2 Å². The average molecular weight is 358 g/mol. The Morgan fingerprint density at radius 1 is 1.46 bits per heavy atom. The molecule has 0 bridgehead atoms. The van der Waals surface area contributed by atoms with Crippen molar-refractivity contribution in [2.45, 2.75) is 32.5 Å². The van der Waals surface area contributed by atoms with Gasteiger partial charge in [-0.1, -0.05) is 6.07 Å². The zero-order valence-corrected chi connectivity index (χ0v) is 14.3. The van der Waals surface area contributed by atoms with Crippen molar-refractivity contribution in [1.82, 2.24) is 4.98 Å². The molecule has 0 amide bonds. The standard InChI is InChI=1S/C18H18N2O6/c1-9(2)24-18(23)14-13(10-4-3-5-20-7-10)16-15(26-17(14)19)12(22)6-11(8-21)25-16/h3-7,9,13,21H,8,19H2,1-2H3/t13-/m0/s1. The highest BCUT2D eigenvalue weighted by Crippen LogP contribution is 2.41. The van der Waals surface area contributed by atoms with Crippen LogP contribution < -0.4 is 15.9 Å². The van der Waals surface area contributed by atoms with Gasteiger partial charge in [0.1, 0.15) is 17.9 Å². The molecule has 2 aromatic rings. The summed E-state index contributed by atoms with van der Waals surface area (Å²) in [6.45, 7) is 2.93. The van der Waals surface area contributed by atoms with Gasteiger partial charge in [-0.2, -0.15) is 0 Å². The van der Waals surface area contributed by atoms with Crippen molar-refractivity contribution < 1.29 is 23.8 Å². The molecular weight excluding hydrogens is 340 g/mol. The molecule has 3 N–H and O–H groups in total. The van der Waals surface area contributed by atoms with Crippen molar-refractivity contribution >= 4 is 5.97 Å². The van der Waals surface area contributed by atoms with Gasteiger partial charge in [0.25, 0.3) is 0 Å². The second-order valence-corrected chi connectivity index (χ2v) is 5.98. The Labute approximate surface area is 148 Å². The van der Waals surface area contributed by atoms with Crippen LogP contribution in [0.15, 0.2) is 51.3 Å². The predicted molar refractivity (Wildman–Crippen MR) is 90.1 cm³/mol. The molecule has 1 atom stereocenters. The van der Waals surface area contributed by atoms with Gasteiger partial charge in [-0.25, -0.2) is 4.79 Å². The summed E-state index contributed by atoms with van der Waals surface area (Å²) < 4.78 is 16.3. The van der Waals surface area contributed by atoms with E-state index in [0.29, 0.717) is 5.56 Å². The second-order valence-electron chi connectivity index (χ2n) is 5.98. The molecule has 0 spiro atoms. The Morgan fingerprint density at radius 3 is 2.85 bits per heavy atom. The summed E-state index contributed by atoms with van der Waals surface area (Å²) in [6, 6.07) is 4.51. The lowest BCUT2D eigenvalue weighted by molar-refractivity contribution is -0.143. The number of fused-ring (bicyclic) bond motifs is 1. The van der Waals surface area contributed by atoms with E-state index in [4.69, 9.17) is 19.6 Å². The molecule has 8 heteroatoms. The quantitative estimate of drug-likeness (QED) is 0.781. The number of aliphatic hydroxyl groups excluding tert-OH is 1. The van der Waals surface area contributed by atoms with Gasteiger partial charge >= 0.3 is 5.97 Å². The van der Waals surface area contributed by atoms with Gasteiger partial charge in [0.15, 0.2) is 5.76 Å². The molecule has 0 radical (unpaired) electrons. The van der Waals surface area contributed by atoms with Crippen molar-refractivity contribution in [3.05, 3.63) is 69.4 Å². The lowest BCUT2D eigenvalue weighted by Gasteiger charge is -2.27. The molecule has 0 saturated carbocycles. The minimum Gasteiger partial charge on any atom is -0.459 e. The zero-order chi connectivity index (χ0) is 18.8. The number of carbonyl (C=O) groups excluding carboxylic acids is 1. The molecule has 0 aliphatic carbocycles. The third-order valence-electron chi connectivity index (χ3n) is 3.75. The maximum atomic E-state index is 12.6. The molecule has 136 valence electrons. The van der Waals surface area contributed by atoms with Crippen molar-refractivity contribution in [1.29, 1.82) is 0 Å². The van der Waals surface area contributed by atoms with Crippen molar-refractivity contribution in [2.24, 2.45) is 5.73 Å². The first-order valence-electron chi connectivity index (χ1n) is 7.98. The molecule has 1 aliphatic rings. The molecule has 2 aromatic heterocycles. The number of pyridine rings is 1. The third-order valence-corrected chi connectivity index (χ3v) is 3.75. The van der Waals surface area contributed by atoms with Gasteiger partial charge < -0.3 is 24.7 Å². The highest BCUT2D eigenvalue weighted by molar-refractivity contribution is 5.92. The van der Waals surface area contributed by atoms with Crippen LogP contribution in [0.1, 0.15) is 36.8 Å². The largest absolute Gasteiger partial charge is 0.459 e. The number of nitrogens with two attached hydrogens (primary N) is 1. The Bertz CT molecular complexity index is 917. The molecule has 26 heavy (non-hydrogen) atoms. The van der Waals surface area contributed by atoms with Gasteiger partial charge in [0.05, 0.1) is 12.0 Å². The number of nitrogens with zero attached hydrogens (tertiary/aromatic N) is 1. The Kier molecular flexibility index (Phi) is 4.77. The molecule has 0 saturated heterocycles. The summed E-state index contributed by atoms with van der Waals surface area (Å²) >= 11 is 0. The fraction of sp³-hybridized carbons (Fsp3) is 0.278. The van der Waals surface area contributed by atoms with Gasteiger partial charge in [-0.3, -0.25) is 9.78 Å². The van der Waals surface area contributed by atoms with Crippen LogP contribution in [0, 0.1) is 0 Å². The molecule has 0 fully saturated rings. The topological polar surface area (TPSA) is 125 Å². The SMILES string of the molecule is CC(C)OC(=O)C1=C(N)Oc2c(oc(CO)cc2=O)[C@H]1c1cccnc1. The highest BCUT2D eigenvalue weighted by atomic mass is 16.5. The fourth-order valence-corrected chi connectivity index (χ4v) is 2.72. The van der Waals surface area contributed by atoms with Crippen molar-refractivity contribution in [3.63, 3.8) is 0 Å². The maximum Gasteiger partial charge on any atom is 0.340 e. The highest BCUT2D eigenvalue weighted by Gasteiger charge is 2.39. The van der Waals surface area contributed by atoms with Crippen molar-refractivity contribution in [2.75, 3.05) is 0 Å². The van der Waals surface area contributed by atoms with Crippen molar-refractivity contribution in [3.8, 4) is 5.75 Å². The number of carbonyl (C=O) groups is 1. The monoisotopic (exact) mass is 358 g/mol. The van der Waals surface area contributed by atoms with E-state index in [-0.39, 0.29) is 34.8 Å². The summed E-state index contributed by atoms with van der Waals surface area (Å²) in [5.41, 5.74) is 6.01.